The van der Waals surface area contributed by atoms with Gasteiger partial charge in [-0.2, -0.15) is 0 Å². The zero-order valence-corrected chi connectivity index (χ0v) is 14.2. The van der Waals surface area contributed by atoms with E-state index in [0.29, 0.717) is 0 Å². The van der Waals surface area contributed by atoms with Gasteiger partial charge in [0.25, 0.3) is 0 Å². The van der Waals surface area contributed by atoms with Crippen LogP contribution in [-0.2, 0) is 0 Å². The summed E-state index contributed by atoms with van der Waals surface area (Å²) in [5, 5.41) is 4.02. The van der Waals surface area contributed by atoms with Crippen molar-refractivity contribution in [2.24, 2.45) is 17.8 Å². The molecule has 0 radical (unpaired) electrons. The lowest BCUT2D eigenvalue weighted by atomic mass is 9.79. The quantitative estimate of drug-likeness (QED) is 0.673. The van der Waals surface area contributed by atoms with Crippen LogP contribution in [0.3, 0.4) is 0 Å². The molecule has 2 aliphatic rings. The second kappa shape index (κ2) is 8.41. The maximum atomic E-state index is 4.02. The second-order valence-corrected chi connectivity index (χ2v) is 8.03. The van der Waals surface area contributed by atoms with Crippen molar-refractivity contribution in [2.75, 3.05) is 0 Å². The molecule has 0 aliphatic heterocycles. The standard InChI is InChI=1S/C19H37N/c1-4-6-16-9-11-18(12-10-16)20-19-8-5-7-17(14-19)13-15(2)3/h15-20H,4-14H2,1-3H3. The van der Waals surface area contributed by atoms with Crippen molar-refractivity contribution in [2.45, 2.75) is 103 Å². The van der Waals surface area contributed by atoms with E-state index in [0.717, 1.165) is 29.8 Å². The van der Waals surface area contributed by atoms with Gasteiger partial charge in [0.15, 0.2) is 0 Å². The lowest BCUT2D eigenvalue weighted by molar-refractivity contribution is 0.208. The lowest BCUT2D eigenvalue weighted by Gasteiger charge is -2.36. The maximum Gasteiger partial charge on any atom is 0.00722 e. The highest BCUT2D eigenvalue weighted by atomic mass is 15.0. The van der Waals surface area contributed by atoms with Crippen LogP contribution in [-0.4, -0.2) is 12.1 Å². The van der Waals surface area contributed by atoms with E-state index in [9.17, 15) is 0 Å². The van der Waals surface area contributed by atoms with Crippen LogP contribution in [0.15, 0.2) is 0 Å². The summed E-state index contributed by atoms with van der Waals surface area (Å²) in [7, 11) is 0. The molecule has 0 amide bonds. The molecule has 1 nitrogen and oxygen atoms in total. The molecule has 2 rings (SSSR count). The summed E-state index contributed by atoms with van der Waals surface area (Å²) < 4.78 is 0. The fourth-order valence-electron chi connectivity index (χ4n) is 4.68. The average Bonchev–Trinajstić information content (AvgIpc) is 2.41. The van der Waals surface area contributed by atoms with Crippen LogP contribution in [0, 0.1) is 17.8 Å². The average molecular weight is 280 g/mol. The number of hydrogen-bond acceptors (Lipinski definition) is 1. The third kappa shape index (κ3) is 5.39. The van der Waals surface area contributed by atoms with Crippen LogP contribution in [0.1, 0.15) is 91.4 Å². The molecule has 0 heterocycles. The van der Waals surface area contributed by atoms with Crippen molar-refractivity contribution in [3.05, 3.63) is 0 Å². The first-order chi connectivity index (χ1) is 9.67. The summed E-state index contributed by atoms with van der Waals surface area (Å²) >= 11 is 0. The van der Waals surface area contributed by atoms with E-state index < -0.39 is 0 Å². The minimum atomic E-state index is 0.834. The van der Waals surface area contributed by atoms with Gasteiger partial charge in [0.05, 0.1) is 0 Å². The minimum absolute atomic E-state index is 0.834. The number of hydrogen-bond donors (Lipinski definition) is 1. The van der Waals surface area contributed by atoms with E-state index in [1.807, 2.05) is 0 Å². The van der Waals surface area contributed by atoms with Gasteiger partial charge in [0.2, 0.25) is 0 Å². The molecule has 2 fully saturated rings. The molecule has 1 N–H and O–H groups in total. The summed E-state index contributed by atoms with van der Waals surface area (Å²) in [5.41, 5.74) is 0. The van der Waals surface area contributed by atoms with E-state index in [1.165, 1.54) is 70.6 Å². The highest BCUT2D eigenvalue weighted by Crippen LogP contribution is 2.32. The Morgan fingerprint density at radius 1 is 0.900 bits per heavy atom. The van der Waals surface area contributed by atoms with Gasteiger partial charge in [-0.05, 0) is 62.7 Å². The van der Waals surface area contributed by atoms with Crippen LogP contribution in [0.4, 0.5) is 0 Å². The Balaban J connectivity index is 1.68. The van der Waals surface area contributed by atoms with E-state index in [4.69, 9.17) is 0 Å². The Kier molecular flexibility index (Phi) is 6.87. The Morgan fingerprint density at radius 3 is 2.30 bits per heavy atom. The lowest BCUT2D eigenvalue weighted by Crippen LogP contribution is -2.43. The largest absolute Gasteiger partial charge is 0.311 e. The molecule has 20 heavy (non-hydrogen) atoms. The van der Waals surface area contributed by atoms with Crippen LogP contribution >= 0.6 is 0 Å². The molecule has 2 aliphatic carbocycles. The van der Waals surface area contributed by atoms with Gasteiger partial charge in [-0.15, -0.1) is 0 Å². The monoisotopic (exact) mass is 279 g/mol. The van der Waals surface area contributed by atoms with Crippen molar-refractivity contribution in [3.63, 3.8) is 0 Å². The Bertz CT molecular complexity index is 252. The normalized spacial score (nSPS) is 35.4. The zero-order valence-electron chi connectivity index (χ0n) is 14.2. The van der Waals surface area contributed by atoms with E-state index in [1.54, 1.807) is 0 Å². The van der Waals surface area contributed by atoms with Crippen molar-refractivity contribution < 1.29 is 0 Å². The van der Waals surface area contributed by atoms with Crippen LogP contribution < -0.4 is 5.32 Å². The summed E-state index contributed by atoms with van der Waals surface area (Å²) in [5.74, 6) is 2.92. The highest BCUT2D eigenvalue weighted by Gasteiger charge is 2.26. The summed E-state index contributed by atoms with van der Waals surface area (Å²) in [4.78, 5) is 0. The van der Waals surface area contributed by atoms with Crippen LogP contribution in [0.25, 0.3) is 0 Å². The molecular formula is C19H37N. The van der Waals surface area contributed by atoms with Gasteiger partial charge in [-0.25, -0.2) is 0 Å². The molecule has 0 aromatic heterocycles. The second-order valence-electron chi connectivity index (χ2n) is 8.03. The smallest absolute Gasteiger partial charge is 0.00722 e. The number of rotatable bonds is 6. The van der Waals surface area contributed by atoms with E-state index in [2.05, 4.69) is 26.1 Å². The van der Waals surface area contributed by atoms with Gasteiger partial charge in [0.1, 0.15) is 0 Å². The first-order valence-electron chi connectivity index (χ1n) is 9.43. The molecule has 0 aromatic carbocycles. The molecular weight excluding hydrogens is 242 g/mol. The third-order valence-electron chi connectivity index (χ3n) is 5.60. The van der Waals surface area contributed by atoms with Crippen molar-refractivity contribution in [3.8, 4) is 0 Å². The molecule has 0 bridgehead atoms. The predicted octanol–water partition coefficient (Wildman–Crippen LogP) is 5.54. The van der Waals surface area contributed by atoms with Crippen molar-refractivity contribution >= 4 is 0 Å². The molecule has 2 atom stereocenters. The van der Waals surface area contributed by atoms with Gasteiger partial charge in [0, 0.05) is 12.1 Å². The van der Waals surface area contributed by atoms with Gasteiger partial charge in [-0.1, -0.05) is 46.5 Å². The van der Waals surface area contributed by atoms with Gasteiger partial charge < -0.3 is 5.32 Å². The zero-order chi connectivity index (χ0) is 14.4. The molecule has 118 valence electrons. The van der Waals surface area contributed by atoms with Crippen LogP contribution in [0.2, 0.25) is 0 Å². The Morgan fingerprint density at radius 2 is 1.65 bits per heavy atom. The number of nitrogens with one attached hydrogen (secondary N) is 1. The van der Waals surface area contributed by atoms with Gasteiger partial charge in [-0.3, -0.25) is 0 Å². The van der Waals surface area contributed by atoms with Crippen molar-refractivity contribution in [1.29, 1.82) is 0 Å². The van der Waals surface area contributed by atoms with Crippen LogP contribution in [0.5, 0.6) is 0 Å². The highest BCUT2D eigenvalue weighted by molar-refractivity contribution is 4.84. The molecule has 2 unspecified atom stereocenters. The molecule has 1 heteroatoms. The molecule has 0 spiro atoms. The summed E-state index contributed by atoms with van der Waals surface area (Å²) in [6.45, 7) is 7.10. The summed E-state index contributed by atoms with van der Waals surface area (Å²) in [6, 6.07) is 1.67. The van der Waals surface area contributed by atoms with Crippen molar-refractivity contribution in [1.82, 2.24) is 5.32 Å². The predicted molar refractivity (Wildman–Crippen MR) is 89.0 cm³/mol. The molecule has 2 saturated carbocycles. The SMILES string of the molecule is CCCC1CCC(NC2CCCC(CC(C)C)C2)CC1. The fourth-order valence-corrected chi connectivity index (χ4v) is 4.68. The first kappa shape index (κ1) is 16.3. The molecule has 0 saturated heterocycles. The first-order valence-corrected chi connectivity index (χ1v) is 9.43. The topological polar surface area (TPSA) is 12.0 Å². The summed E-state index contributed by atoms with van der Waals surface area (Å²) in [6.07, 6.45) is 16.0. The molecule has 0 aromatic rings. The van der Waals surface area contributed by atoms with E-state index in [-0.39, 0.29) is 0 Å². The fraction of sp³-hybridized carbons (Fsp3) is 1.00. The maximum absolute atomic E-state index is 4.02. The Hall–Kier alpha value is -0.0400. The minimum Gasteiger partial charge on any atom is -0.311 e. The third-order valence-corrected chi connectivity index (χ3v) is 5.60. The Labute approximate surface area is 127 Å². The van der Waals surface area contributed by atoms with E-state index >= 15 is 0 Å². The van der Waals surface area contributed by atoms with Gasteiger partial charge >= 0.3 is 0 Å².